The highest BCUT2D eigenvalue weighted by Crippen LogP contribution is 2.48. The predicted octanol–water partition coefficient (Wildman–Crippen LogP) is 4.99. The van der Waals surface area contributed by atoms with Crippen LogP contribution >= 0.6 is 11.8 Å². The van der Waals surface area contributed by atoms with Crippen LogP contribution in [0.4, 0.5) is 13.2 Å². The van der Waals surface area contributed by atoms with Crippen molar-refractivity contribution in [3.05, 3.63) is 65.0 Å². The molecule has 0 amide bonds. The largest absolute Gasteiger partial charge is 0.493 e. The average molecular weight is 405 g/mol. The van der Waals surface area contributed by atoms with Crippen molar-refractivity contribution in [1.29, 1.82) is 0 Å². The molecule has 0 bridgehead atoms. The van der Waals surface area contributed by atoms with Gasteiger partial charge in [-0.15, -0.1) is 11.8 Å². The van der Waals surface area contributed by atoms with Crippen LogP contribution in [-0.2, 0) is 6.42 Å². The number of benzene rings is 3. The van der Waals surface area contributed by atoms with Gasteiger partial charge in [0, 0.05) is 22.6 Å². The van der Waals surface area contributed by atoms with E-state index in [0.717, 1.165) is 27.3 Å². The zero-order valence-electron chi connectivity index (χ0n) is 15.3. The number of nitrogens with two attached hydrogens (primary N) is 1. The van der Waals surface area contributed by atoms with Gasteiger partial charge in [-0.25, -0.2) is 13.2 Å². The lowest BCUT2D eigenvalue weighted by molar-refractivity contribution is 0.356. The smallest absolute Gasteiger partial charge is 0.161 e. The summed E-state index contributed by atoms with van der Waals surface area (Å²) in [7, 11) is 3.15. The fraction of sp³-hybridized carbons (Fsp3) is 0.238. The molecule has 3 aromatic rings. The van der Waals surface area contributed by atoms with Crippen LogP contribution in [0.5, 0.6) is 11.5 Å². The number of ether oxygens (including phenoxy) is 2. The van der Waals surface area contributed by atoms with Crippen LogP contribution in [0.25, 0.3) is 10.8 Å². The van der Waals surface area contributed by atoms with Crippen LogP contribution < -0.4 is 15.2 Å². The molecule has 3 aromatic carbocycles. The van der Waals surface area contributed by atoms with Gasteiger partial charge in [-0.1, -0.05) is 6.07 Å². The second kappa shape index (κ2) is 7.22. The molecule has 0 unspecified atom stereocenters. The molecule has 4 rings (SSSR count). The van der Waals surface area contributed by atoms with E-state index in [4.69, 9.17) is 15.2 Å². The molecule has 0 radical (unpaired) electrons. The molecule has 2 N–H and O–H groups in total. The van der Waals surface area contributed by atoms with E-state index in [1.54, 1.807) is 14.2 Å². The Morgan fingerprint density at radius 3 is 2.32 bits per heavy atom. The molecule has 7 heteroatoms. The predicted molar refractivity (Wildman–Crippen MR) is 104 cm³/mol. The normalized spacial score (nSPS) is 18.8. The molecule has 1 aliphatic heterocycles. The van der Waals surface area contributed by atoms with Crippen molar-refractivity contribution in [3.63, 3.8) is 0 Å². The van der Waals surface area contributed by atoms with Crippen molar-refractivity contribution < 1.29 is 22.6 Å². The number of rotatable bonds is 3. The maximum atomic E-state index is 14.3. The molecular weight excluding hydrogens is 387 g/mol. The van der Waals surface area contributed by atoms with Gasteiger partial charge in [0.15, 0.2) is 23.1 Å². The molecule has 2 atom stereocenters. The van der Waals surface area contributed by atoms with Crippen molar-refractivity contribution in [2.75, 3.05) is 14.2 Å². The highest BCUT2D eigenvalue weighted by molar-refractivity contribution is 7.99. The Morgan fingerprint density at radius 1 is 0.929 bits per heavy atom. The Kier molecular flexibility index (Phi) is 4.89. The fourth-order valence-electron chi connectivity index (χ4n) is 3.63. The van der Waals surface area contributed by atoms with Crippen LogP contribution in [0, 0.1) is 17.5 Å². The number of methoxy groups -OCH3 is 2. The lowest BCUT2D eigenvalue weighted by Crippen LogP contribution is -2.32. The van der Waals surface area contributed by atoms with Gasteiger partial charge in [0.25, 0.3) is 0 Å². The van der Waals surface area contributed by atoms with Gasteiger partial charge in [-0.2, -0.15) is 0 Å². The lowest BCUT2D eigenvalue weighted by atomic mass is 9.94. The molecule has 0 fully saturated rings. The van der Waals surface area contributed by atoms with Gasteiger partial charge in [0.05, 0.1) is 19.5 Å². The summed E-state index contributed by atoms with van der Waals surface area (Å²) in [4.78, 5) is 0.926. The Morgan fingerprint density at radius 2 is 1.61 bits per heavy atom. The molecule has 146 valence electrons. The summed E-state index contributed by atoms with van der Waals surface area (Å²) in [5, 5.41) is 1.43. The van der Waals surface area contributed by atoms with Crippen LogP contribution in [0.15, 0.2) is 41.3 Å². The lowest BCUT2D eigenvalue weighted by Gasteiger charge is -2.31. The molecule has 0 aliphatic carbocycles. The minimum Gasteiger partial charge on any atom is -0.493 e. The molecule has 1 heterocycles. The topological polar surface area (TPSA) is 44.5 Å². The zero-order chi connectivity index (χ0) is 20.0. The van der Waals surface area contributed by atoms with E-state index in [-0.39, 0.29) is 5.56 Å². The molecule has 3 nitrogen and oxygen atoms in total. The van der Waals surface area contributed by atoms with Crippen LogP contribution in [0.3, 0.4) is 0 Å². The third-order valence-corrected chi connectivity index (χ3v) is 6.52. The first kappa shape index (κ1) is 19.0. The highest BCUT2D eigenvalue weighted by atomic mass is 32.2. The van der Waals surface area contributed by atoms with Gasteiger partial charge >= 0.3 is 0 Å². The zero-order valence-corrected chi connectivity index (χ0v) is 16.1. The van der Waals surface area contributed by atoms with E-state index in [9.17, 15) is 13.2 Å². The van der Waals surface area contributed by atoms with Crippen LogP contribution in [0.1, 0.15) is 16.4 Å². The van der Waals surface area contributed by atoms with Gasteiger partial charge in [0.2, 0.25) is 0 Å². The van der Waals surface area contributed by atoms with Crippen molar-refractivity contribution in [2.45, 2.75) is 22.6 Å². The standard InChI is InChI=1S/C21H18F3NO2S/c1-26-18-5-10-3-4-20-12(11(10)8-19(18)27-2)7-17(25)21(28-20)13-6-15(23)16(24)9-14(13)22/h3-6,8-9,17,21H,7,25H2,1-2H3/t17-,21+/m0/s1. The molecule has 0 aromatic heterocycles. The summed E-state index contributed by atoms with van der Waals surface area (Å²) in [5.74, 6) is -1.84. The van der Waals surface area contributed by atoms with E-state index < -0.39 is 28.7 Å². The average Bonchev–Trinajstić information content (AvgIpc) is 2.69. The number of halogens is 3. The molecular formula is C21H18F3NO2S. The van der Waals surface area contributed by atoms with Crippen molar-refractivity contribution in [2.24, 2.45) is 5.73 Å². The summed E-state index contributed by atoms with van der Waals surface area (Å²) in [6.07, 6.45) is 0.470. The second-order valence-corrected chi connectivity index (χ2v) is 7.85. The van der Waals surface area contributed by atoms with E-state index in [0.29, 0.717) is 24.0 Å². The molecule has 0 spiro atoms. The fourth-order valence-corrected chi connectivity index (χ4v) is 4.97. The van der Waals surface area contributed by atoms with Crippen molar-refractivity contribution in [1.82, 2.24) is 0 Å². The molecule has 1 aliphatic rings. The quantitative estimate of drug-likeness (QED) is 0.624. The molecule has 28 heavy (non-hydrogen) atoms. The van der Waals surface area contributed by atoms with Gasteiger partial charge < -0.3 is 15.2 Å². The summed E-state index contributed by atoms with van der Waals surface area (Å²) in [5.41, 5.74) is 7.44. The number of hydrogen-bond acceptors (Lipinski definition) is 4. The number of thioether (sulfide) groups is 1. The van der Waals surface area contributed by atoms with Gasteiger partial charge in [-0.05, 0) is 47.0 Å². The summed E-state index contributed by atoms with van der Waals surface area (Å²) >= 11 is 1.36. The minimum atomic E-state index is -1.21. The monoisotopic (exact) mass is 405 g/mol. The Labute approximate surface area is 164 Å². The SMILES string of the molecule is COc1cc2ccc3c(c2cc1OC)C[C@H](N)[C@@H](c1cc(F)c(F)cc1F)S3. The first-order valence-corrected chi connectivity index (χ1v) is 9.55. The van der Waals surface area contributed by atoms with Crippen LogP contribution in [-0.4, -0.2) is 20.3 Å². The Balaban J connectivity index is 1.80. The van der Waals surface area contributed by atoms with Gasteiger partial charge in [-0.3, -0.25) is 0 Å². The van der Waals surface area contributed by atoms with Crippen molar-refractivity contribution >= 4 is 22.5 Å². The third-order valence-electron chi connectivity index (χ3n) is 5.02. The Hall–Kier alpha value is -2.38. The van der Waals surface area contributed by atoms with E-state index >= 15 is 0 Å². The number of fused-ring (bicyclic) bond motifs is 3. The number of hydrogen-bond donors (Lipinski definition) is 1. The first-order chi connectivity index (χ1) is 13.4. The maximum absolute atomic E-state index is 14.3. The minimum absolute atomic E-state index is 0.0782. The summed E-state index contributed by atoms with van der Waals surface area (Å²) in [6.45, 7) is 0. The Bertz CT molecular complexity index is 1070. The third kappa shape index (κ3) is 3.08. The summed E-state index contributed by atoms with van der Waals surface area (Å²) in [6, 6.07) is 8.69. The highest BCUT2D eigenvalue weighted by Gasteiger charge is 2.32. The first-order valence-electron chi connectivity index (χ1n) is 8.67. The van der Waals surface area contributed by atoms with E-state index in [1.807, 2.05) is 24.3 Å². The van der Waals surface area contributed by atoms with E-state index in [2.05, 4.69) is 0 Å². The van der Waals surface area contributed by atoms with Gasteiger partial charge in [0.1, 0.15) is 5.82 Å². The summed E-state index contributed by atoms with van der Waals surface area (Å²) < 4.78 is 52.0. The molecule has 0 saturated carbocycles. The maximum Gasteiger partial charge on any atom is 0.161 e. The molecule has 0 saturated heterocycles. The van der Waals surface area contributed by atoms with E-state index in [1.165, 1.54) is 11.8 Å². The second-order valence-electron chi connectivity index (χ2n) is 6.66. The van der Waals surface area contributed by atoms with Crippen LogP contribution in [0.2, 0.25) is 0 Å². The van der Waals surface area contributed by atoms with Crippen molar-refractivity contribution in [3.8, 4) is 11.5 Å².